The molecule has 0 saturated heterocycles. The summed E-state index contributed by atoms with van der Waals surface area (Å²) in [5, 5.41) is 5.74. The predicted octanol–water partition coefficient (Wildman–Crippen LogP) is 4.83. The molecule has 1 aliphatic rings. The smallest absolute Gasteiger partial charge is 0.126 e. The minimum absolute atomic E-state index is 0.0870. The van der Waals surface area contributed by atoms with E-state index >= 15 is 0 Å². The van der Waals surface area contributed by atoms with Gasteiger partial charge < -0.3 is 5.32 Å². The van der Waals surface area contributed by atoms with E-state index in [0.29, 0.717) is 5.56 Å². The monoisotopic (exact) mass is 281 g/mol. The molecular weight excluding hydrogens is 268 g/mol. The molecule has 104 valence electrons. The zero-order valence-electron chi connectivity index (χ0n) is 11.2. The van der Waals surface area contributed by atoms with Gasteiger partial charge in [0.2, 0.25) is 0 Å². The summed E-state index contributed by atoms with van der Waals surface area (Å²) in [4.78, 5) is 0. The maximum atomic E-state index is 13.4. The second-order valence-corrected chi connectivity index (χ2v) is 5.42. The van der Waals surface area contributed by atoms with Gasteiger partial charge in [-0.1, -0.05) is 30.3 Å². The van der Waals surface area contributed by atoms with E-state index < -0.39 is 11.6 Å². The SMILES string of the molecule is Fc1cc(F)cc(C2Cc3c(ccc4ccccc34)N2)c1. The summed E-state index contributed by atoms with van der Waals surface area (Å²) in [7, 11) is 0. The number of rotatable bonds is 1. The maximum Gasteiger partial charge on any atom is 0.126 e. The first-order chi connectivity index (χ1) is 10.2. The van der Waals surface area contributed by atoms with E-state index in [9.17, 15) is 8.78 Å². The lowest BCUT2D eigenvalue weighted by molar-refractivity contribution is 0.576. The Hall–Kier alpha value is -2.42. The molecule has 1 nitrogen and oxygen atoms in total. The molecule has 0 aromatic heterocycles. The van der Waals surface area contributed by atoms with Gasteiger partial charge in [-0.15, -0.1) is 0 Å². The molecular formula is C18H13F2N. The lowest BCUT2D eigenvalue weighted by Gasteiger charge is -2.11. The van der Waals surface area contributed by atoms with Crippen LogP contribution in [0.5, 0.6) is 0 Å². The highest BCUT2D eigenvalue weighted by atomic mass is 19.1. The lowest BCUT2D eigenvalue weighted by atomic mass is 9.98. The van der Waals surface area contributed by atoms with Crippen molar-refractivity contribution in [3.05, 3.63) is 77.4 Å². The van der Waals surface area contributed by atoms with Crippen LogP contribution in [0, 0.1) is 11.6 Å². The highest BCUT2D eigenvalue weighted by Crippen LogP contribution is 2.38. The molecule has 0 fully saturated rings. The maximum absolute atomic E-state index is 13.4. The Balaban J connectivity index is 1.78. The molecule has 3 heteroatoms. The standard InChI is InChI=1S/C18H13F2N/c19-13-7-12(8-14(20)9-13)18-10-16-15-4-2-1-3-11(15)5-6-17(16)21-18/h1-9,18,21H,10H2. The van der Waals surface area contributed by atoms with E-state index in [2.05, 4.69) is 23.5 Å². The summed E-state index contributed by atoms with van der Waals surface area (Å²) in [6.45, 7) is 0. The molecule has 0 aliphatic carbocycles. The van der Waals surface area contributed by atoms with Crippen LogP contribution in [0.1, 0.15) is 17.2 Å². The van der Waals surface area contributed by atoms with Gasteiger partial charge in [0.15, 0.2) is 0 Å². The van der Waals surface area contributed by atoms with Gasteiger partial charge in [0.1, 0.15) is 11.6 Å². The zero-order valence-corrected chi connectivity index (χ0v) is 11.2. The summed E-state index contributed by atoms with van der Waals surface area (Å²) in [5.74, 6) is -1.07. The fourth-order valence-corrected chi connectivity index (χ4v) is 3.11. The van der Waals surface area contributed by atoms with E-state index in [1.165, 1.54) is 28.5 Å². The summed E-state index contributed by atoms with van der Waals surface area (Å²) < 4.78 is 26.8. The third-order valence-corrected chi connectivity index (χ3v) is 4.07. The topological polar surface area (TPSA) is 12.0 Å². The highest BCUT2D eigenvalue weighted by molar-refractivity contribution is 5.91. The molecule has 0 spiro atoms. The quantitative estimate of drug-likeness (QED) is 0.674. The molecule has 21 heavy (non-hydrogen) atoms. The highest BCUT2D eigenvalue weighted by Gasteiger charge is 2.24. The molecule has 0 saturated carbocycles. The van der Waals surface area contributed by atoms with E-state index in [1.807, 2.05) is 18.2 Å². The van der Waals surface area contributed by atoms with Crippen LogP contribution in [-0.2, 0) is 6.42 Å². The van der Waals surface area contributed by atoms with E-state index in [1.54, 1.807) is 0 Å². The average Bonchev–Trinajstić information content (AvgIpc) is 2.91. The molecule has 1 heterocycles. The van der Waals surface area contributed by atoms with Crippen molar-refractivity contribution in [1.29, 1.82) is 0 Å². The van der Waals surface area contributed by atoms with Crippen molar-refractivity contribution in [2.45, 2.75) is 12.5 Å². The number of halogens is 2. The minimum atomic E-state index is -0.535. The van der Waals surface area contributed by atoms with Crippen molar-refractivity contribution < 1.29 is 8.78 Å². The van der Waals surface area contributed by atoms with Crippen molar-refractivity contribution in [1.82, 2.24) is 0 Å². The van der Waals surface area contributed by atoms with Gasteiger partial charge in [0, 0.05) is 11.8 Å². The first-order valence-electron chi connectivity index (χ1n) is 6.94. The summed E-state index contributed by atoms with van der Waals surface area (Å²) in [5.41, 5.74) is 2.90. The Morgan fingerprint density at radius 1 is 0.905 bits per heavy atom. The van der Waals surface area contributed by atoms with Crippen molar-refractivity contribution >= 4 is 16.5 Å². The lowest BCUT2D eigenvalue weighted by Crippen LogP contribution is -2.06. The van der Waals surface area contributed by atoms with Crippen LogP contribution in [0.3, 0.4) is 0 Å². The van der Waals surface area contributed by atoms with Crippen LogP contribution in [0.4, 0.5) is 14.5 Å². The predicted molar refractivity (Wildman–Crippen MR) is 80.4 cm³/mol. The van der Waals surface area contributed by atoms with Crippen molar-refractivity contribution in [2.75, 3.05) is 5.32 Å². The summed E-state index contributed by atoms with van der Waals surface area (Å²) in [6, 6.07) is 15.9. The van der Waals surface area contributed by atoms with Gasteiger partial charge >= 0.3 is 0 Å². The van der Waals surface area contributed by atoms with Gasteiger partial charge in [-0.05, 0) is 46.5 Å². The van der Waals surface area contributed by atoms with Crippen molar-refractivity contribution in [3.8, 4) is 0 Å². The number of hydrogen-bond donors (Lipinski definition) is 1. The Labute approximate surface area is 121 Å². The van der Waals surface area contributed by atoms with Crippen LogP contribution in [-0.4, -0.2) is 0 Å². The fourth-order valence-electron chi connectivity index (χ4n) is 3.11. The molecule has 1 unspecified atom stereocenters. The molecule has 1 atom stereocenters. The van der Waals surface area contributed by atoms with Crippen molar-refractivity contribution in [2.24, 2.45) is 0 Å². The van der Waals surface area contributed by atoms with Gasteiger partial charge in [-0.2, -0.15) is 0 Å². The first kappa shape index (κ1) is 12.3. The molecule has 0 amide bonds. The zero-order chi connectivity index (χ0) is 14.4. The Bertz CT molecular complexity index is 821. The largest absolute Gasteiger partial charge is 0.378 e. The second kappa shape index (κ2) is 4.55. The number of fused-ring (bicyclic) bond motifs is 3. The molecule has 1 aliphatic heterocycles. The van der Waals surface area contributed by atoms with Crippen LogP contribution in [0.15, 0.2) is 54.6 Å². The summed E-state index contributed by atoms with van der Waals surface area (Å²) in [6.07, 6.45) is 0.736. The molecule has 3 aromatic rings. The van der Waals surface area contributed by atoms with Gasteiger partial charge in [-0.25, -0.2) is 8.78 Å². The Morgan fingerprint density at radius 2 is 1.67 bits per heavy atom. The van der Waals surface area contributed by atoms with Gasteiger partial charge in [-0.3, -0.25) is 0 Å². The number of anilines is 1. The van der Waals surface area contributed by atoms with Crippen LogP contribution >= 0.6 is 0 Å². The fraction of sp³-hybridized carbons (Fsp3) is 0.111. The second-order valence-electron chi connectivity index (χ2n) is 5.42. The Morgan fingerprint density at radius 3 is 2.48 bits per heavy atom. The molecule has 0 radical (unpaired) electrons. The molecule has 4 rings (SSSR count). The number of nitrogens with one attached hydrogen (secondary N) is 1. The number of hydrogen-bond acceptors (Lipinski definition) is 1. The van der Waals surface area contributed by atoms with Crippen molar-refractivity contribution in [3.63, 3.8) is 0 Å². The van der Waals surface area contributed by atoms with Gasteiger partial charge in [0.25, 0.3) is 0 Å². The van der Waals surface area contributed by atoms with Crippen LogP contribution < -0.4 is 5.32 Å². The molecule has 0 bridgehead atoms. The van der Waals surface area contributed by atoms with E-state index in [4.69, 9.17) is 0 Å². The van der Waals surface area contributed by atoms with Gasteiger partial charge in [0.05, 0.1) is 6.04 Å². The normalized spacial score (nSPS) is 16.8. The molecule has 1 N–H and O–H groups in total. The Kier molecular flexibility index (Phi) is 2.67. The third kappa shape index (κ3) is 2.05. The van der Waals surface area contributed by atoms with Crippen LogP contribution in [0.25, 0.3) is 10.8 Å². The molecule has 3 aromatic carbocycles. The third-order valence-electron chi connectivity index (χ3n) is 4.07. The summed E-state index contributed by atoms with van der Waals surface area (Å²) >= 11 is 0. The van der Waals surface area contributed by atoms with E-state index in [0.717, 1.165) is 18.2 Å². The number of benzene rings is 3. The van der Waals surface area contributed by atoms with E-state index in [-0.39, 0.29) is 6.04 Å². The minimum Gasteiger partial charge on any atom is -0.378 e. The first-order valence-corrected chi connectivity index (χ1v) is 6.94. The average molecular weight is 281 g/mol. The van der Waals surface area contributed by atoms with Crippen LogP contribution in [0.2, 0.25) is 0 Å².